The van der Waals surface area contributed by atoms with Gasteiger partial charge >= 0.3 is 0 Å². The second kappa shape index (κ2) is 4.86. The lowest BCUT2D eigenvalue weighted by Crippen LogP contribution is -1.90. The quantitative estimate of drug-likeness (QED) is 0.569. The molecule has 0 saturated carbocycles. The standard InChI is InChI=1S/C10H14F2/c1-7(2)8(3)5-6-9(4)10(11)12/h5-6,10H,4H2,1-3H3/b6-5-. The number of hydrogen-bond donors (Lipinski definition) is 0. The molecule has 0 aromatic heterocycles. The molecule has 0 rings (SSSR count). The van der Waals surface area contributed by atoms with Crippen LogP contribution in [-0.4, -0.2) is 6.43 Å². The summed E-state index contributed by atoms with van der Waals surface area (Å²) in [5.41, 5.74) is 1.97. The van der Waals surface area contributed by atoms with Crippen molar-refractivity contribution >= 4 is 0 Å². The van der Waals surface area contributed by atoms with Crippen molar-refractivity contribution in [1.82, 2.24) is 0 Å². The van der Waals surface area contributed by atoms with E-state index in [0.717, 1.165) is 11.1 Å². The first-order chi connectivity index (χ1) is 5.45. The van der Waals surface area contributed by atoms with E-state index in [1.807, 2.05) is 20.8 Å². The van der Waals surface area contributed by atoms with Crippen molar-refractivity contribution in [2.75, 3.05) is 0 Å². The van der Waals surface area contributed by atoms with E-state index in [1.165, 1.54) is 6.08 Å². The molecule has 0 fully saturated rings. The Morgan fingerprint density at radius 3 is 2.00 bits per heavy atom. The number of halogens is 2. The molecule has 0 atom stereocenters. The minimum Gasteiger partial charge on any atom is -0.205 e. The van der Waals surface area contributed by atoms with Gasteiger partial charge in [0.1, 0.15) is 0 Å². The normalized spacial score (nSPS) is 10.8. The highest BCUT2D eigenvalue weighted by atomic mass is 19.3. The molecule has 68 valence electrons. The summed E-state index contributed by atoms with van der Waals surface area (Å²) in [5.74, 6) is 0. The van der Waals surface area contributed by atoms with Gasteiger partial charge in [0, 0.05) is 5.57 Å². The minimum atomic E-state index is -2.45. The van der Waals surface area contributed by atoms with E-state index in [2.05, 4.69) is 6.58 Å². The highest BCUT2D eigenvalue weighted by molar-refractivity contribution is 5.28. The van der Waals surface area contributed by atoms with E-state index in [9.17, 15) is 8.78 Å². The molecule has 0 aliphatic carbocycles. The van der Waals surface area contributed by atoms with Gasteiger partial charge in [-0.3, -0.25) is 0 Å². The Bertz CT molecular complexity index is 218. The third-order valence-corrected chi connectivity index (χ3v) is 1.62. The zero-order chi connectivity index (χ0) is 9.72. The van der Waals surface area contributed by atoms with Crippen LogP contribution in [0.5, 0.6) is 0 Å². The van der Waals surface area contributed by atoms with Crippen molar-refractivity contribution < 1.29 is 8.78 Å². The molecular formula is C10H14F2. The molecule has 0 aliphatic rings. The largest absolute Gasteiger partial charge is 0.263 e. The molecule has 0 unspecified atom stereocenters. The Morgan fingerprint density at radius 1 is 1.17 bits per heavy atom. The molecule has 0 saturated heterocycles. The van der Waals surface area contributed by atoms with Crippen LogP contribution < -0.4 is 0 Å². The van der Waals surface area contributed by atoms with Gasteiger partial charge in [-0.05, 0) is 20.8 Å². The van der Waals surface area contributed by atoms with Crippen LogP contribution >= 0.6 is 0 Å². The van der Waals surface area contributed by atoms with Crippen LogP contribution in [0.2, 0.25) is 0 Å². The van der Waals surface area contributed by atoms with Gasteiger partial charge in [-0.1, -0.05) is 29.9 Å². The van der Waals surface area contributed by atoms with Crippen LogP contribution in [0.1, 0.15) is 20.8 Å². The fraction of sp³-hybridized carbons (Fsp3) is 0.400. The summed E-state index contributed by atoms with van der Waals surface area (Å²) >= 11 is 0. The lowest BCUT2D eigenvalue weighted by Gasteiger charge is -1.97. The van der Waals surface area contributed by atoms with Gasteiger partial charge in [-0.15, -0.1) is 0 Å². The first kappa shape index (κ1) is 11.1. The van der Waals surface area contributed by atoms with Gasteiger partial charge in [-0.2, -0.15) is 0 Å². The zero-order valence-electron chi connectivity index (χ0n) is 7.70. The molecule has 0 aromatic rings. The summed E-state index contributed by atoms with van der Waals surface area (Å²) in [6.45, 7) is 8.98. The number of rotatable bonds is 3. The summed E-state index contributed by atoms with van der Waals surface area (Å²) < 4.78 is 23.8. The number of hydrogen-bond acceptors (Lipinski definition) is 0. The number of allylic oxidation sites excluding steroid dienone is 5. The van der Waals surface area contributed by atoms with Crippen molar-refractivity contribution in [2.45, 2.75) is 27.2 Å². The highest BCUT2D eigenvalue weighted by Gasteiger charge is 2.02. The summed E-state index contributed by atoms with van der Waals surface area (Å²) in [6, 6.07) is 0. The van der Waals surface area contributed by atoms with Crippen LogP contribution in [0.15, 0.2) is 35.5 Å². The van der Waals surface area contributed by atoms with Gasteiger partial charge in [0.15, 0.2) is 0 Å². The Kier molecular flexibility index (Phi) is 4.49. The predicted octanol–water partition coefficient (Wildman–Crippen LogP) is 3.72. The third kappa shape index (κ3) is 4.06. The van der Waals surface area contributed by atoms with Crippen molar-refractivity contribution in [3.8, 4) is 0 Å². The Hall–Kier alpha value is -0.920. The monoisotopic (exact) mass is 172 g/mol. The van der Waals surface area contributed by atoms with Crippen molar-refractivity contribution in [3.05, 3.63) is 35.5 Å². The second-order valence-corrected chi connectivity index (χ2v) is 2.89. The first-order valence-electron chi connectivity index (χ1n) is 3.74. The molecule has 0 aliphatic heterocycles. The Balaban J connectivity index is 4.27. The smallest absolute Gasteiger partial charge is 0.205 e. The van der Waals surface area contributed by atoms with Gasteiger partial charge in [-0.25, -0.2) is 8.78 Å². The molecule has 0 radical (unpaired) electrons. The lowest BCUT2D eigenvalue weighted by atomic mass is 10.1. The van der Waals surface area contributed by atoms with E-state index in [-0.39, 0.29) is 5.57 Å². The molecule has 0 N–H and O–H groups in total. The van der Waals surface area contributed by atoms with Crippen LogP contribution in [0.4, 0.5) is 8.78 Å². The maximum atomic E-state index is 11.9. The molecule has 0 heterocycles. The molecular weight excluding hydrogens is 158 g/mol. The maximum absolute atomic E-state index is 11.9. The fourth-order valence-electron chi connectivity index (χ4n) is 0.471. The molecule has 0 aromatic carbocycles. The predicted molar refractivity (Wildman–Crippen MR) is 48.3 cm³/mol. The fourth-order valence-corrected chi connectivity index (χ4v) is 0.471. The minimum absolute atomic E-state index is 0.143. The Morgan fingerprint density at radius 2 is 1.67 bits per heavy atom. The van der Waals surface area contributed by atoms with Crippen LogP contribution in [0.3, 0.4) is 0 Å². The van der Waals surface area contributed by atoms with E-state index in [1.54, 1.807) is 6.08 Å². The van der Waals surface area contributed by atoms with Crippen molar-refractivity contribution in [3.63, 3.8) is 0 Å². The van der Waals surface area contributed by atoms with Crippen molar-refractivity contribution in [2.24, 2.45) is 0 Å². The average molecular weight is 172 g/mol. The van der Waals surface area contributed by atoms with Crippen LogP contribution in [-0.2, 0) is 0 Å². The summed E-state index contributed by atoms with van der Waals surface area (Å²) in [6.07, 6.45) is 0.558. The summed E-state index contributed by atoms with van der Waals surface area (Å²) in [4.78, 5) is 0. The maximum Gasteiger partial charge on any atom is 0.263 e. The van der Waals surface area contributed by atoms with Crippen LogP contribution in [0.25, 0.3) is 0 Å². The van der Waals surface area contributed by atoms with Crippen LogP contribution in [0, 0.1) is 0 Å². The van der Waals surface area contributed by atoms with Gasteiger partial charge in [0.05, 0.1) is 0 Å². The van der Waals surface area contributed by atoms with Crippen molar-refractivity contribution in [1.29, 1.82) is 0 Å². The van der Waals surface area contributed by atoms with E-state index >= 15 is 0 Å². The molecule has 0 bridgehead atoms. The van der Waals surface area contributed by atoms with E-state index < -0.39 is 6.43 Å². The summed E-state index contributed by atoms with van der Waals surface area (Å²) in [7, 11) is 0. The highest BCUT2D eigenvalue weighted by Crippen LogP contribution is 2.10. The topological polar surface area (TPSA) is 0 Å². The SMILES string of the molecule is C=C(/C=C\C(C)=C(C)C)C(F)F. The van der Waals surface area contributed by atoms with E-state index in [4.69, 9.17) is 0 Å². The first-order valence-corrected chi connectivity index (χ1v) is 3.74. The second-order valence-electron chi connectivity index (χ2n) is 2.89. The number of alkyl halides is 2. The van der Waals surface area contributed by atoms with Gasteiger partial charge < -0.3 is 0 Å². The molecule has 2 heteroatoms. The lowest BCUT2D eigenvalue weighted by molar-refractivity contribution is 0.194. The zero-order valence-corrected chi connectivity index (χ0v) is 7.70. The molecule has 0 nitrogen and oxygen atoms in total. The third-order valence-electron chi connectivity index (χ3n) is 1.62. The molecule has 12 heavy (non-hydrogen) atoms. The Labute approximate surface area is 72.3 Å². The molecule has 0 spiro atoms. The molecule has 0 amide bonds. The average Bonchev–Trinajstić information content (AvgIpc) is 1.98. The van der Waals surface area contributed by atoms with Gasteiger partial charge in [0.25, 0.3) is 6.43 Å². The van der Waals surface area contributed by atoms with E-state index in [0.29, 0.717) is 0 Å². The van der Waals surface area contributed by atoms with Gasteiger partial charge in [0.2, 0.25) is 0 Å². The summed E-state index contributed by atoms with van der Waals surface area (Å²) in [5, 5.41) is 0.